The molecule has 0 aliphatic rings. The van der Waals surface area contributed by atoms with Gasteiger partial charge in [-0.05, 0) is 31.1 Å². The van der Waals surface area contributed by atoms with E-state index in [0.717, 1.165) is 12.8 Å². The molecule has 0 radical (unpaired) electrons. The van der Waals surface area contributed by atoms with Crippen LogP contribution in [0.5, 0.6) is 0 Å². The molecule has 1 rings (SSSR count). The van der Waals surface area contributed by atoms with Crippen LogP contribution in [-0.2, 0) is 11.2 Å². The van der Waals surface area contributed by atoms with Crippen molar-refractivity contribution >= 4 is 18.4 Å². The molecule has 0 heterocycles. The second kappa shape index (κ2) is 5.86. The molecule has 1 nitrogen and oxygen atoms in total. The number of hydrogen-bond acceptors (Lipinski definition) is 2. The average Bonchev–Trinajstić information content (AvgIpc) is 2.20. The maximum atomic E-state index is 11.1. The third-order valence-electron chi connectivity index (χ3n) is 2.42. The van der Waals surface area contributed by atoms with Gasteiger partial charge >= 0.3 is 0 Å². The number of rotatable bonds is 5. The van der Waals surface area contributed by atoms with Crippen molar-refractivity contribution in [2.24, 2.45) is 5.92 Å². The third kappa shape index (κ3) is 3.54. The van der Waals surface area contributed by atoms with Crippen molar-refractivity contribution in [3.8, 4) is 0 Å². The highest BCUT2D eigenvalue weighted by atomic mass is 32.1. The van der Waals surface area contributed by atoms with Gasteiger partial charge in [0.1, 0.15) is 5.78 Å². The summed E-state index contributed by atoms with van der Waals surface area (Å²) in [5, 5.41) is 0. The number of hydrogen-bond donors (Lipinski definition) is 1. The van der Waals surface area contributed by atoms with E-state index in [0.29, 0.717) is 5.75 Å². The molecule has 1 aromatic rings. The molecule has 0 aliphatic carbocycles. The molecule has 0 aromatic heterocycles. The van der Waals surface area contributed by atoms with Gasteiger partial charge in [0.25, 0.3) is 0 Å². The molecule has 0 saturated heterocycles. The van der Waals surface area contributed by atoms with Crippen molar-refractivity contribution in [2.45, 2.75) is 19.8 Å². The number of thiol groups is 1. The monoisotopic (exact) mass is 208 g/mol. The summed E-state index contributed by atoms with van der Waals surface area (Å²) in [5.74, 6) is 1.01. The van der Waals surface area contributed by atoms with Crippen LogP contribution in [0.25, 0.3) is 0 Å². The maximum absolute atomic E-state index is 11.1. The number of Topliss-reactive ketones (excluding diaryl/α,β-unsaturated/α-hetero) is 1. The number of benzene rings is 1. The van der Waals surface area contributed by atoms with Gasteiger partial charge in [-0.25, -0.2) is 0 Å². The van der Waals surface area contributed by atoms with Crippen molar-refractivity contribution in [2.75, 3.05) is 5.75 Å². The highest BCUT2D eigenvalue weighted by Gasteiger charge is 2.11. The van der Waals surface area contributed by atoms with Crippen molar-refractivity contribution < 1.29 is 4.79 Å². The second-order valence-electron chi connectivity index (χ2n) is 3.51. The highest BCUT2D eigenvalue weighted by molar-refractivity contribution is 7.80. The van der Waals surface area contributed by atoms with Gasteiger partial charge in [0, 0.05) is 5.92 Å². The molecule has 0 fully saturated rings. The lowest BCUT2D eigenvalue weighted by atomic mass is 9.98. The quantitative estimate of drug-likeness (QED) is 0.736. The van der Waals surface area contributed by atoms with E-state index in [1.807, 2.05) is 18.2 Å². The molecule has 76 valence electrons. The average molecular weight is 208 g/mol. The fourth-order valence-corrected chi connectivity index (χ4v) is 1.85. The summed E-state index contributed by atoms with van der Waals surface area (Å²) in [4.78, 5) is 11.1. The van der Waals surface area contributed by atoms with E-state index < -0.39 is 0 Å². The Morgan fingerprint density at radius 2 is 2.00 bits per heavy atom. The van der Waals surface area contributed by atoms with Crippen LogP contribution in [0.4, 0.5) is 0 Å². The van der Waals surface area contributed by atoms with Gasteiger partial charge in [-0.15, -0.1) is 0 Å². The minimum absolute atomic E-state index is 0.110. The smallest absolute Gasteiger partial charge is 0.133 e. The van der Waals surface area contributed by atoms with Crippen LogP contribution in [0, 0.1) is 5.92 Å². The minimum Gasteiger partial charge on any atom is -0.300 e. The highest BCUT2D eigenvalue weighted by Crippen LogP contribution is 2.12. The summed E-state index contributed by atoms with van der Waals surface area (Å²) in [7, 11) is 0. The summed E-state index contributed by atoms with van der Waals surface area (Å²) in [6, 6.07) is 10.2. The van der Waals surface area contributed by atoms with E-state index in [9.17, 15) is 4.79 Å². The summed E-state index contributed by atoms with van der Waals surface area (Å²) < 4.78 is 0. The Hall–Kier alpha value is -0.760. The molecule has 0 aliphatic heterocycles. The molecule has 2 heteroatoms. The molecular weight excluding hydrogens is 192 g/mol. The minimum atomic E-state index is 0.110. The second-order valence-corrected chi connectivity index (χ2v) is 3.88. The van der Waals surface area contributed by atoms with E-state index in [4.69, 9.17) is 0 Å². The number of ketones is 1. The first-order chi connectivity index (χ1) is 6.74. The van der Waals surface area contributed by atoms with Gasteiger partial charge in [0.05, 0.1) is 0 Å². The van der Waals surface area contributed by atoms with E-state index in [2.05, 4.69) is 24.8 Å². The molecule has 1 aromatic carbocycles. The molecule has 14 heavy (non-hydrogen) atoms. The van der Waals surface area contributed by atoms with E-state index >= 15 is 0 Å². The van der Waals surface area contributed by atoms with Crippen molar-refractivity contribution in [3.05, 3.63) is 35.9 Å². The predicted octanol–water partition coefficient (Wildman–Crippen LogP) is 2.75. The van der Waals surface area contributed by atoms with Gasteiger partial charge in [-0.2, -0.15) is 12.6 Å². The molecule has 0 N–H and O–H groups in total. The third-order valence-corrected chi connectivity index (χ3v) is 2.86. The van der Waals surface area contributed by atoms with Gasteiger partial charge in [-0.3, -0.25) is 4.79 Å². The van der Waals surface area contributed by atoms with Gasteiger partial charge in [0.15, 0.2) is 0 Å². The summed E-state index contributed by atoms with van der Waals surface area (Å²) in [6.07, 6.45) is 1.87. The van der Waals surface area contributed by atoms with Gasteiger partial charge < -0.3 is 0 Å². The van der Waals surface area contributed by atoms with Crippen LogP contribution >= 0.6 is 12.6 Å². The Balaban J connectivity index is 2.44. The number of aryl methyl sites for hydroxylation is 1. The standard InChI is InChI=1S/C12H16OS/c1-10(13)12(9-14)8-7-11-5-3-2-4-6-11/h2-6,12,14H,7-9H2,1H3. The Labute approximate surface area is 90.9 Å². The summed E-state index contributed by atoms with van der Waals surface area (Å²) in [6.45, 7) is 1.64. The molecule has 0 amide bonds. The Kier molecular flexibility index (Phi) is 4.74. The normalized spacial score (nSPS) is 12.4. The van der Waals surface area contributed by atoms with Crippen LogP contribution in [0.1, 0.15) is 18.9 Å². The summed E-state index contributed by atoms with van der Waals surface area (Å²) in [5.41, 5.74) is 1.29. The summed E-state index contributed by atoms with van der Waals surface area (Å²) >= 11 is 4.18. The van der Waals surface area contributed by atoms with E-state index in [1.165, 1.54) is 5.56 Å². The SMILES string of the molecule is CC(=O)C(CS)CCc1ccccc1. The lowest BCUT2D eigenvalue weighted by Gasteiger charge is -2.09. The first-order valence-electron chi connectivity index (χ1n) is 4.89. The van der Waals surface area contributed by atoms with Crippen molar-refractivity contribution in [1.29, 1.82) is 0 Å². The lowest BCUT2D eigenvalue weighted by molar-refractivity contribution is -0.120. The van der Waals surface area contributed by atoms with Crippen LogP contribution in [0.2, 0.25) is 0 Å². The first kappa shape index (κ1) is 11.3. The van der Waals surface area contributed by atoms with E-state index in [-0.39, 0.29) is 11.7 Å². The molecule has 0 saturated carbocycles. The molecule has 0 bridgehead atoms. The van der Waals surface area contributed by atoms with Crippen LogP contribution < -0.4 is 0 Å². The molecule has 1 unspecified atom stereocenters. The predicted molar refractivity (Wildman–Crippen MR) is 62.8 cm³/mol. The number of carbonyl (C=O) groups is 1. The zero-order valence-corrected chi connectivity index (χ0v) is 9.34. The molecule has 0 spiro atoms. The van der Waals surface area contributed by atoms with Crippen LogP contribution in [-0.4, -0.2) is 11.5 Å². The Morgan fingerprint density at radius 1 is 1.36 bits per heavy atom. The Bertz CT molecular complexity index is 282. The fourth-order valence-electron chi connectivity index (χ4n) is 1.41. The van der Waals surface area contributed by atoms with E-state index in [1.54, 1.807) is 6.92 Å². The zero-order valence-electron chi connectivity index (χ0n) is 8.44. The van der Waals surface area contributed by atoms with Crippen LogP contribution in [0.15, 0.2) is 30.3 Å². The van der Waals surface area contributed by atoms with Crippen molar-refractivity contribution in [3.63, 3.8) is 0 Å². The fraction of sp³-hybridized carbons (Fsp3) is 0.417. The van der Waals surface area contributed by atoms with Crippen LogP contribution in [0.3, 0.4) is 0 Å². The largest absolute Gasteiger partial charge is 0.300 e. The topological polar surface area (TPSA) is 17.1 Å². The Morgan fingerprint density at radius 3 is 2.50 bits per heavy atom. The first-order valence-corrected chi connectivity index (χ1v) is 5.52. The molecule has 1 atom stereocenters. The van der Waals surface area contributed by atoms with Gasteiger partial charge in [0.2, 0.25) is 0 Å². The van der Waals surface area contributed by atoms with Crippen molar-refractivity contribution in [1.82, 2.24) is 0 Å². The molecular formula is C12H16OS. The lowest BCUT2D eigenvalue weighted by Crippen LogP contribution is -2.13. The number of carbonyl (C=O) groups excluding carboxylic acids is 1. The van der Waals surface area contributed by atoms with Gasteiger partial charge in [-0.1, -0.05) is 30.3 Å². The zero-order chi connectivity index (χ0) is 10.4. The maximum Gasteiger partial charge on any atom is 0.133 e.